The number of rotatable bonds is 3. The molecule has 0 heterocycles. The monoisotopic (exact) mass is 157 g/mol. The molecule has 0 bridgehead atoms. The van der Waals surface area contributed by atoms with Crippen molar-refractivity contribution in [3.8, 4) is 0 Å². The van der Waals surface area contributed by atoms with Crippen LogP contribution in [0.25, 0.3) is 0 Å². The molecule has 0 rings (SSSR count). The van der Waals surface area contributed by atoms with Crippen LogP contribution in [-0.2, 0) is 4.79 Å². The molecule has 0 radical (unpaired) electrons. The van der Waals surface area contributed by atoms with Crippen LogP contribution in [-0.4, -0.2) is 23.9 Å². The highest BCUT2D eigenvalue weighted by atomic mass is 16.2. The largest absolute Gasteiger partial charge is 0.343 e. The average Bonchev–Trinajstić information content (AvgIpc) is 2.00. The molecule has 2 heteroatoms. The smallest absolute Gasteiger partial charge is 0.225 e. The third-order valence-corrected chi connectivity index (χ3v) is 2.09. The molecule has 1 unspecified atom stereocenters. The minimum Gasteiger partial charge on any atom is -0.343 e. The zero-order valence-electron chi connectivity index (χ0n) is 8.22. The molecule has 2 nitrogen and oxygen atoms in total. The summed E-state index contributed by atoms with van der Waals surface area (Å²) in [5.41, 5.74) is 0. The summed E-state index contributed by atoms with van der Waals surface area (Å²) in [6, 6.07) is 0.366. The Morgan fingerprint density at radius 2 is 1.82 bits per heavy atom. The van der Waals surface area contributed by atoms with E-state index in [1.807, 2.05) is 25.8 Å². The van der Waals surface area contributed by atoms with E-state index >= 15 is 0 Å². The number of amides is 1. The summed E-state index contributed by atoms with van der Waals surface area (Å²) < 4.78 is 0. The van der Waals surface area contributed by atoms with E-state index in [1.165, 1.54) is 0 Å². The number of nitrogens with zero attached hydrogens (tertiary/aromatic N) is 1. The number of hydrogen-bond acceptors (Lipinski definition) is 1. The summed E-state index contributed by atoms with van der Waals surface area (Å²) in [7, 11) is 1.87. The Hall–Kier alpha value is -0.530. The fourth-order valence-electron chi connectivity index (χ4n) is 0.898. The van der Waals surface area contributed by atoms with Gasteiger partial charge in [-0.15, -0.1) is 0 Å². The molecule has 11 heavy (non-hydrogen) atoms. The quantitative estimate of drug-likeness (QED) is 0.612. The molecule has 0 aliphatic rings. The van der Waals surface area contributed by atoms with Crippen LogP contribution in [0.15, 0.2) is 0 Å². The molecule has 0 saturated heterocycles. The van der Waals surface area contributed by atoms with Gasteiger partial charge in [0.1, 0.15) is 0 Å². The SMILES string of the molecule is CCC(C)N(C)C(=O)C(C)C. The van der Waals surface area contributed by atoms with Crippen molar-refractivity contribution >= 4 is 5.91 Å². The van der Waals surface area contributed by atoms with Gasteiger partial charge < -0.3 is 4.90 Å². The summed E-state index contributed by atoms with van der Waals surface area (Å²) >= 11 is 0. The molecule has 0 fully saturated rings. The maximum atomic E-state index is 11.4. The highest BCUT2D eigenvalue weighted by Gasteiger charge is 2.16. The van der Waals surface area contributed by atoms with Gasteiger partial charge in [-0.3, -0.25) is 4.79 Å². The van der Waals surface area contributed by atoms with E-state index in [0.717, 1.165) is 6.42 Å². The van der Waals surface area contributed by atoms with Crippen molar-refractivity contribution in [2.24, 2.45) is 5.92 Å². The highest BCUT2D eigenvalue weighted by Crippen LogP contribution is 2.05. The Balaban J connectivity index is 4.02. The Kier molecular flexibility index (Phi) is 4.16. The molecule has 0 aromatic rings. The normalized spacial score (nSPS) is 13.3. The van der Waals surface area contributed by atoms with Crippen molar-refractivity contribution in [2.75, 3.05) is 7.05 Å². The van der Waals surface area contributed by atoms with Crippen molar-refractivity contribution in [3.05, 3.63) is 0 Å². The van der Waals surface area contributed by atoms with E-state index in [9.17, 15) is 4.79 Å². The topological polar surface area (TPSA) is 20.3 Å². The van der Waals surface area contributed by atoms with Crippen LogP contribution in [0.3, 0.4) is 0 Å². The maximum Gasteiger partial charge on any atom is 0.225 e. The Labute approximate surface area is 69.6 Å². The van der Waals surface area contributed by atoms with E-state index in [1.54, 1.807) is 0 Å². The van der Waals surface area contributed by atoms with Gasteiger partial charge in [-0.2, -0.15) is 0 Å². The van der Waals surface area contributed by atoms with Gasteiger partial charge in [0, 0.05) is 19.0 Å². The number of carbonyl (C=O) groups excluding carboxylic acids is 1. The van der Waals surface area contributed by atoms with Crippen molar-refractivity contribution in [1.29, 1.82) is 0 Å². The first kappa shape index (κ1) is 10.5. The molecular formula is C9H19NO. The Morgan fingerprint density at radius 1 is 1.36 bits per heavy atom. The summed E-state index contributed by atoms with van der Waals surface area (Å²) in [4.78, 5) is 13.2. The second kappa shape index (κ2) is 4.37. The lowest BCUT2D eigenvalue weighted by atomic mass is 10.1. The van der Waals surface area contributed by atoms with Gasteiger partial charge in [0.2, 0.25) is 5.91 Å². The van der Waals surface area contributed by atoms with Gasteiger partial charge in [0.15, 0.2) is 0 Å². The van der Waals surface area contributed by atoms with Crippen LogP contribution in [0.1, 0.15) is 34.1 Å². The predicted molar refractivity (Wildman–Crippen MR) is 47.4 cm³/mol. The van der Waals surface area contributed by atoms with Crippen molar-refractivity contribution < 1.29 is 4.79 Å². The van der Waals surface area contributed by atoms with Gasteiger partial charge in [-0.1, -0.05) is 20.8 Å². The average molecular weight is 157 g/mol. The molecule has 1 atom stereocenters. The Bertz CT molecular complexity index is 132. The van der Waals surface area contributed by atoms with Crippen LogP contribution < -0.4 is 0 Å². The molecule has 66 valence electrons. The van der Waals surface area contributed by atoms with Crippen LogP contribution in [0.2, 0.25) is 0 Å². The summed E-state index contributed by atoms with van der Waals surface area (Å²) in [6.07, 6.45) is 1.02. The molecule has 0 aromatic carbocycles. The first-order chi connectivity index (χ1) is 5.00. The third-order valence-electron chi connectivity index (χ3n) is 2.09. The number of carbonyl (C=O) groups is 1. The van der Waals surface area contributed by atoms with E-state index in [0.29, 0.717) is 6.04 Å². The van der Waals surface area contributed by atoms with Gasteiger partial charge >= 0.3 is 0 Å². The molecule has 0 aliphatic carbocycles. The minimum absolute atomic E-state index is 0.119. The lowest BCUT2D eigenvalue weighted by Gasteiger charge is -2.25. The van der Waals surface area contributed by atoms with E-state index in [4.69, 9.17) is 0 Å². The van der Waals surface area contributed by atoms with Crippen LogP contribution in [0.4, 0.5) is 0 Å². The lowest BCUT2D eigenvalue weighted by Crippen LogP contribution is -2.37. The Morgan fingerprint density at radius 3 is 2.09 bits per heavy atom. The maximum absolute atomic E-state index is 11.4. The molecule has 0 N–H and O–H groups in total. The molecule has 0 aliphatic heterocycles. The van der Waals surface area contributed by atoms with Gasteiger partial charge in [0.25, 0.3) is 0 Å². The molecular weight excluding hydrogens is 138 g/mol. The molecule has 0 spiro atoms. The fourth-order valence-corrected chi connectivity index (χ4v) is 0.898. The standard InChI is InChI=1S/C9H19NO/c1-6-8(4)10(5)9(11)7(2)3/h7-8H,6H2,1-5H3. The van der Waals surface area contributed by atoms with Gasteiger partial charge in [-0.25, -0.2) is 0 Å². The van der Waals surface area contributed by atoms with Gasteiger partial charge in [0.05, 0.1) is 0 Å². The van der Waals surface area contributed by atoms with E-state index in [2.05, 4.69) is 13.8 Å². The van der Waals surface area contributed by atoms with Crippen molar-refractivity contribution in [3.63, 3.8) is 0 Å². The first-order valence-electron chi connectivity index (χ1n) is 4.27. The lowest BCUT2D eigenvalue weighted by molar-refractivity contribution is -0.134. The van der Waals surface area contributed by atoms with Crippen LogP contribution in [0, 0.1) is 5.92 Å². The summed E-state index contributed by atoms with van der Waals surface area (Å²) in [5, 5.41) is 0. The first-order valence-corrected chi connectivity index (χ1v) is 4.27. The van der Waals surface area contributed by atoms with Crippen LogP contribution in [0.5, 0.6) is 0 Å². The van der Waals surface area contributed by atoms with Gasteiger partial charge in [-0.05, 0) is 13.3 Å². The molecule has 1 amide bonds. The summed E-state index contributed by atoms with van der Waals surface area (Å²) in [6.45, 7) is 8.03. The third kappa shape index (κ3) is 2.91. The molecule has 0 aromatic heterocycles. The zero-order valence-corrected chi connectivity index (χ0v) is 8.22. The van der Waals surface area contributed by atoms with Crippen LogP contribution >= 0.6 is 0 Å². The number of hydrogen-bond donors (Lipinski definition) is 0. The van der Waals surface area contributed by atoms with Crippen molar-refractivity contribution in [1.82, 2.24) is 4.90 Å². The summed E-state index contributed by atoms with van der Waals surface area (Å²) in [5.74, 6) is 0.355. The fraction of sp³-hybridized carbons (Fsp3) is 0.889. The predicted octanol–water partition coefficient (Wildman–Crippen LogP) is 1.90. The second-order valence-corrected chi connectivity index (χ2v) is 3.36. The zero-order chi connectivity index (χ0) is 9.02. The highest BCUT2D eigenvalue weighted by molar-refractivity contribution is 5.78. The second-order valence-electron chi connectivity index (χ2n) is 3.36. The van der Waals surface area contributed by atoms with Crippen molar-refractivity contribution in [2.45, 2.75) is 40.2 Å². The van der Waals surface area contributed by atoms with E-state index < -0.39 is 0 Å². The minimum atomic E-state index is 0.119. The molecule has 0 saturated carbocycles. The van der Waals surface area contributed by atoms with E-state index in [-0.39, 0.29) is 11.8 Å².